The van der Waals surface area contributed by atoms with Gasteiger partial charge in [-0.1, -0.05) is 135 Å². The zero-order chi connectivity index (χ0) is 29.6. The van der Waals surface area contributed by atoms with Crippen molar-refractivity contribution in [1.29, 1.82) is 0 Å². The zero-order valence-corrected chi connectivity index (χ0v) is 27.5. The van der Waals surface area contributed by atoms with Gasteiger partial charge in [-0.2, -0.15) is 0 Å². The van der Waals surface area contributed by atoms with Crippen LogP contribution in [-0.4, -0.2) is 8.07 Å². The maximum atomic E-state index is 6.92. The summed E-state index contributed by atoms with van der Waals surface area (Å²) in [4.78, 5) is 5.35. The van der Waals surface area contributed by atoms with Gasteiger partial charge in [-0.05, 0) is 79.8 Å². The Kier molecular flexibility index (Phi) is 5.72. The van der Waals surface area contributed by atoms with E-state index in [4.69, 9.17) is 4.74 Å². The van der Waals surface area contributed by atoms with Gasteiger partial charge in [-0.3, -0.25) is 0 Å². The van der Waals surface area contributed by atoms with E-state index in [0.717, 1.165) is 11.5 Å². The first-order chi connectivity index (χ1) is 21.4. The summed E-state index contributed by atoms with van der Waals surface area (Å²) in [6, 6.07) is 47.3. The van der Waals surface area contributed by atoms with Crippen LogP contribution in [0.15, 0.2) is 147 Å². The quantitative estimate of drug-likeness (QED) is 0.179. The molecule has 9 rings (SSSR count). The van der Waals surface area contributed by atoms with Crippen LogP contribution < -0.4 is 20.3 Å². The van der Waals surface area contributed by atoms with Crippen molar-refractivity contribution < 1.29 is 4.74 Å². The Morgan fingerprint density at radius 3 is 2.05 bits per heavy atom. The minimum Gasteiger partial charge on any atom is -0.457 e. The second-order valence-corrected chi connectivity index (χ2v) is 18.7. The Balaban J connectivity index is 1.19. The van der Waals surface area contributed by atoms with E-state index in [1.165, 1.54) is 68.5 Å². The average molecular weight is 619 g/mol. The molecule has 3 aliphatic rings. The minimum absolute atomic E-state index is 0.140. The molecule has 0 N–H and O–H groups in total. The third kappa shape index (κ3) is 3.68. The van der Waals surface area contributed by atoms with E-state index in [0.29, 0.717) is 0 Å². The fourth-order valence-corrected chi connectivity index (χ4v) is 13.6. The van der Waals surface area contributed by atoms with Crippen molar-refractivity contribution in [2.75, 3.05) is 0 Å². The molecule has 4 heteroatoms. The van der Waals surface area contributed by atoms with E-state index >= 15 is 0 Å². The van der Waals surface area contributed by atoms with Gasteiger partial charge in [0.25, 0.3) is 0 Å². The molecule has 0 bridgehead atoms. The molecule has 0 fully saturated rings. The summed E-state index contributed by atoms with van der Waals surface area (Å²) in [7, 11) is -2.30. The lowest BCUT2D eigenvalue weighted by atomic mass is 9.81. The van der Waals surface area contributed by atoms with E-state index in [9.17, 15) is 0 Å². The number of rotatable bonds is 2. The van der Waals surface area contributed by atoms with Crippen LogP contribution in [0.5, 0.6) is 11.5 Å². The van der Waals surface area contributed by atoms with E-state index in [1.54, 1.807) is 0 Å². The highest BCUT2D eigenvalue weighted by molar-refractivity contribution is 8.05. The molecule has 0 aromatic heterocycles. The van der Waals surface area contributed by atoms with Crippen LogP contribution in [0.4, 0.5) is 0 Å². The van der Waals surface area contributed by atoms with E-state index in [2.05, 4.69) is 148 Å². The van der Waals surface area contributed by atoms with Gasteiger partial charge in [0.05, 0.1) is 0 Å². The fourth-order valence-electron chi connectivity index (χ4n) is 7.49. The summed E-state index contributed by atoms with van der Waals surface area (Å²) < 4.78 is 6.92. The predicted molar refractivity (Wildman–Crippen MR) is 188 cm³/mol. The minimum atomic E-state index is -2.30. The van der Waals surface area contributed by atoms with E-state index < -0.39 is 8.07 Å². The second kappa shape index (κ2) is 9.52. The monoisotopic (exact) mass is 618 g/mol. The lowest BCUT2D eigenvalue weighted by Crippen LogP contribution is -2.66. The highest BCUT2D eigenvalue weighted by Gasteiger charge is 2.46. The molecule has 2 heterocycles. The molecule has 6 aromatic carbocycles. The third-order valence-corrected chi connectivity index (χ3v) is 16.9. The molecule has 212 valence electrons. The lowest BCUT2D eigenvalue weighted by molar-refractivity contribution is 0.487. The van der Waals surface area contributed by atoms with Crippen LogP contribution in [0.3, 0.4) is 0 Å². The second-order valence-electron chi connectivity index (χ2n) is 12.7. The van der Waals surface area contributed by atoms with Crippen LogP contribution in [0, 0.1) is 0 Å². The zero-order valence-electron chi connectivity index (χ0n) is 24.8. The predicted octanol–water partition coefficient (Wildman–Crippen LogP) is 9.48. The van der Waals surface area contributed by atoms with Crippen LogP contribution in [0.1, 0.15) is 25.0 Å². The Morgan fingerprint density at radius 2 is 1.23 bits per heavy atom. The van der Waals surface area contributed by atoms with E-state index in [-0.39, 0.29) is 5.41 Å². The Labute approximate surface area is 268 Å². The molecule has 0 spiro atoms. The van der Waals surface area contributed by atoms with Gasteiger partial charge < -0.3 is 4.74 Å². The Bertz CT molecular complexity index is 2150. The highest BCUT2D eigenvalue weighted by Crippen LogP contribution is 2.55. The molecule has 1 aliphatic carbocycles. The van der Waals surface area contributed by atoms with Crippen molar-refractivity contribution in [3.8, 4) is 33.8 Å². The summed E-state index contributed by atoms with van der Waals surface area (Å²) in [5.41, 5.74) is 7.68. The average Bonchev–Trinajstić information content (AvgIpc) is 3.30. The van der Waals surface area contributed by atoms with Crippen molar-refractivity contribution in [2.45, 2.75) is 45.4 Å². The van der Waals surface area contributed by atoms with Gasteiger partial charge in [-0.15, -0.1) is 0 Å². The number of para-hydroxylation sites is 1. The molecule has 0 radical (unpaired) electrons. The molecule has 0 amide bonds. The van der Waals surface area contributed by atoms with Crippen molar-refractivity contribution >= 4 is 47.2 Å². The van der Waals surface area contributed by atoms with Gasteiger partial charge in [0, 0.05) is 30.6 Å². The van der Waals surface area contributed by atoms with Crippen molar-refractivity contribution in [3.63, 3.8) is 0 Å². The molecule has 0 saturated carbocycles. The van der Waals surface area contributed by atoms with Crippen LogP contribution in [-0.2, 0) is 5.41 Å². The summed E-state index contributed by atoms with van der Waals surface area (Å²) in [6.45, 7) is 7.23. The summed E-state index contributed by atoms with van der Waals surface area (Å²) >= 11 is 3.75. The van der Waals surface area contributed by atoms with Gasteiger partial charge in [0.15, 0.2) is 8.07 Å². The molecule has 0 saturated heterocycles. The topological polar surface area (TPSA) is 9.23 Å². The number of hydrogen-bond donors (Lipinski definition) is 0. The normalized spacial score (nSPS) is 18.2. The maximum absolute atomic E-state index is 6.92. The molecule has 1 unspecified atom stereocenters. The van der Waals surface area contributed by atoms with Crippen LogP contribution >= 0.6 is 23.5 Å². The number of fused-ring (bicyclic) bond motifs is 8. The van der Waals surface area contributed by atoms with Crippen molar-refractivity contribution in [3.05, 3.63) is 139 Å². The fraction of sp³-hybridized carbons (Fsp3) is 0.100. The molecule has 6 aromatic rings. The maximum Gasteiger partial charge on any atom is 0.155 e. The van der Waals surface area contributed by atoms with Crippen LogP contribution in [0.25, 0.3) is 22.3 Å². The first-order valence-electron chi connectivity index (χ1n) is 15.2. The molecular formula is C40H30OS2Si. The molecule has 1 nitrogen and oxygen atoms in total. The Hall–Kier alpha value is -3.96. The lowest BCUT2D eigenvalue weighted by Gasteiger charge is -2.37. The molecule has 2 aliphatic heterocycles. The largest absolute Gasteiger partial charge is 0.457 e. The summed E-state index contributed by atoms with van der Waals surface area (Å²) in [6.07, 6.45) is 0. The van der Waals surface area contributed by atoms with Crippen molar-refractivity contribution in [2.24, 2.45) is 0 Å². The van der Waals surface area contributed by atoms with Gasteiger partial charge in [0.1, 0.15) is 11.5 Å². The SMILES string of the molecule is CC1(C)c2cc(-c3ccc4c(c3)Sc3ccccc3S4)ccc2-c2c1ccc1c2Oc2ccccc2[Si]1(C)c1ccccc1. The van der Waals surface area contributed by atoms with Crippen molar-refractivity contribution in [1.82, 2.24) is 0 Å². The van der Waals surface area contributed by atoms with Gasteiger partial charge >= 0.3 is 0 Å². The first kappa shape index (κ1) is 26.4. The number of ether oxygens (including phenoxy) is 1. The standard InChI is InChI=1S/C40H30OS2Si/c1-40(2)29-20-22-37-39(41-31-13-7-10-16-36(31)44(37,3)27-11-5-4-6-12-27)38(29)28-19-17-25(23-30(28)40)26-18-21-34-35(24-26)43-33-15-9-8-14-32(33)42-34/h4-24H,1-3H3. The number of hydrogen-bond acceptors (Lipinski definition) is 3. The van der Waals surface area contributed by atoms with E-state index in [1.807, 2.05) is 23.5 Å². The van der Waals surface area contributed by atoms with Gasteiger partial charge in [-0.25, -0.2) is 0 Å². The smallest absolute Gasteiger partial charge is 0.155 e. The third-order valence-electron chi connectivity index (χ3n) is 9.89. The molecular weight excluding hydrogens is 589 g/mol. The first-order valence-corrected chi connectivity index (χ1v) is 19.3. The highest BCUT2D eigenvalue weighted by atomic mass is 32.2. The van der Waals surface area contributed by atoms with Gasteiger partial charge in [0.2, 0.25) is 0 Å². The summed E-state index contributed by atoms with van der Waals surface area (Å²) in [5, 5.41) is 4.12. The molecule has 44 heavy (non-hydrogen) atoms. The summed E-state index contributed by atoms with van der Waals surface area (Å²) in [5.74, 6) is 2.06. The number of benzene rings is 6. The molecule has 1 atom stereocenters. The Morgan fingerprint density at radius 1 is 0.568 bits per heavy atom. The van der Waals surface area contributed by atoms with Crippen LogP contribution in [0.2, 0.25) is 6.55 Å².